The Hall–Kier alpha value is -3.20. The third kappa shape index (κ3) is 4.64. The van der Waals surface area contributed by atoms with Crippen LogP contribution in [0.4, 0.5) is 5.69 Å². The van der Waals surface area contributed by atoms with Crippen molar-refractivity contribution in [1.82, 2.24) is 4.90 Å². The number of carbonyl (C=O) groups excluding carboxylic acids is 3. The molecule has 0 aromatic heterocycles. The highest BCUT2D eigenvalue weighted by molar-refractivity contribution is 6.30. The highest BCUT2D eigenvalue weighted by Crippen LogP contribution is 2.59. The van der Waals surface area contributed by atoms with E-state index in [0.717, 1.165) is 5.56 Å². The lowest BCUT2D eigenvalue weighted by Crippen LogP contribution is -2.59. The van der Waals surface area contributed by atoms with Gasteiger partial charge in [-0.1, -0.05) is 48.0 Å². The van der Waals surface area contributed by atoms with Gasteiger partial charge in [0.15, 0.2) is 0 Å². The van der Waals surface area contributed by atoms with E-state index in [-0.39, 0.29) is 31.6 Å². The number of esters is 1. The maximum absolute atomic E-state index is 14.6. The van der Waals surface area contributed by atoms with Crippen molar-refractivity contribution in [2.45, 2.75) is 50.0 Å². The second-order valence-electron chi connectivity index (χ2n) is 10.3. The summed E-state index contributed by atoms with van der Waals surface area (Å²) in [5, 5.41) is 11.1. The second-order valence-corrected chi connectivity index (χ2v) is 10.7. The van der Waals surface area contributed by atoms with Crippen molar-refractivity contribution in [2.75, 3.05) is 24.7 Å². The van der Waals surface area contributed by atoms with Gasteiger partial charge >= 0.3 is 5.97 Å². The Morgan fingerprint density at radius 1 is 1.26 bits per heavy atom. The Bertz CT molecular complexity index is 1240. The Kier molecular flexibility index (Phi) is 7.80. The van der Waals surface area contributed by atoms with Crippen LogP contribution in [0.2, 0.25) is 5.02 Å². The zero-order chi connectivity index (χ0) is 27.7. The van der Waals surface area contributed by atoms with Gasteiger partial charge in [0.2, 0.25) is 5.91 Å². The van der Waals surface area contributed by atoms with E-state index < -0.39 is 41.6 Å². The minimum absolute atomic E-state index is 0.180. The Labute approximate surface area is 233 Å². The molecule has 0 saturated carbocycles. The highest BCUT2D eigenvalue weighted by Gasteiger charge is 2.75. The monoisotopic (exact) mass is 552 g/mol. The smallest absolute Gasteiger partial charge is 0.312 e. The molecule has 8 nitrogen and oxygen atoms in total. The van der Waals surface area contributed by atoms with E-state index in [4.69, 9.17) is 21.1 Å². The van der Waals surface area contributed by atoms with Crippen molar-refractivity contribution in [1.29, 1.82) is 0 Å². The predicted octanol–water partition coefficient (Wildman–Crippen LogP) is 3.40. The van der Waals surface area contributed by atoms with Crippen molar-refractivity contribution in [3.8, 4) is 0 Å². The molecule has 6 atom stereocenters. The third-order valence-corrected chi connectivity index (χ3v) is 8.42. The fourth-order valence-corrected chi connectivity index (χ4v) is 6.75. The van der Waals surface area contributed by atoms with Crippen LogP contribution in [0.3, 0.4) is 0 Å². The first-order valence-electron chi connectivity index (χ1n) is 13.4. The number of anilines is 1. The summed E-state index contributed by atoms with van der Waals surface area (Å²) in [5.41, 5.74) is 0.305. The molecule has 3 heterocycles. The van der Waals surface area contributed by atoms with Gasteiger partial charge in [0.05, 0.1) is 37.2 Å². The summed E-state index contributed by atoms with van der Waals surface area (Å²) in [6.45, 7) is 5.56. The SMILES string of the molecule is C=CCN(C(=O)[C@@H]1N([C@@H](CO)Cc2ccccc2)C(=O)[C@H]2[C@H](C(=O)OCC)[C@@H]3CC[C@]12O3)c1ccc(Cl)cc1. The number of benzene rings is 2. The third-order valence-electron chi connectivity index (χ3n) is 8.17. The maximum Gasteiger partial charge on any atom is 0.312 e. The van der Waals surface area contributed by atoms with Crippen LogP contribution in [0, 0.1) is 11.8 Å². The van der Waals surface area contributed by atoms with E-state index in [1.807, 2.05) is 30.3 Å². The number of rotatable bonds is 10. The van der Waals surface area contributed by atoms with Gasteiger partial charge in [-0.05, 0) is 56.0 Å². The molecule has 39 heavy (non-hydrogen) atoms. The van der Waals surface area contributed by atoms with Crippen LogP contribution >= 0.6 is 11.6 Å². The summed E-state index contributed by atoms with van der Waals surface area (Å²) in [7, 11) is 0. The zero-order valence-electron chi connectivity index (χ0n) is 21.9. The molecule has 5 rings (SSSR count). The first-order chi connectivity index (χ1) is 18.9. The van der Waals surface area contributed by atoms with Crippen LogP contribution in [0.1, 0.15) is 25.3 Å². The lowest BCUT2D eigenvalue weighted by molar-refractivity contribution is -0.155. The molecule has 3 saturated heterocycles. The normalized spacial score (nSPS) is 27.8. The largest absolute Gasteiger partial charge is 0.466 e. The number of halogens is 1. The minimum Gasteiger partial charge on any atom is -0.466 e. The summed E-state index contributed by atoms with van der Waals surface area (Å²) in [6.07, 6.45) is 2.44. The Morgan fingerprint density at radius 2 is 1.97 bits per heavy atom. The van der Waals surface area contributed by atoms with Gasteiger partial charge in [-0.2, -0.15) is 0 Å². The number of carbonyl (C=O) groups is 3. The fourth-order valence-electron chi connectivity index (χ4n) is 6.63. The van der Waals surface area contributed by atoms with Crippen LogP contribution in [-0.4, -0.2) is 71.3 Å². The van der Waals surface area contributed by atoms with Crippen LogP contribution in [0.25, 0.3) is 0 Å². The molecule has 206 valence electrons. The van der Waals surface area contributed by atoms with Crippen LogP contribution in [0.5, 0.6) is 0 Å². The van der Waals surface area contributed by atoms with Crippen molar-refractivity contribution in [3.05, 3.63) is 77.8 Å². The molecule has 3 fully saturated rings. The molecule has 0 aliphatic carbocycles. The molecule has 2 aromatic rings. The second kappa shape index (κ2) is 11.1. The average Bonchev–Trinajstić information content (AvgIpc) is 3.59. The van der Waals surface area contributed by atoms with Gasteiger partial charge in [-0.3, -0.25) is 14.4 Å². The Morgan fingerprint density at radius 3 is 2.62 bits per heavy atom. The number of hydrogen-bond acceptors (Lipinski definition) is 6. The van der Waals surface area contributed by atoms with E-state index in [1.54, 1.807) is 42.2 Å². The van der Waals surface area contributed by atoms with E-state index in [9.17, 15) is 19.5 Å². The number of likely N-dealkylation sites (tertiary alicyclic amines) is 1. The summed E-state index contributed by atoms with van der Waals surface area (Å²) < 4.78 is 11.8. The fraction of sp³-hybridized carbons (Fsp3) is 0.433. The summed E-state index contributed by atoms with van der Waals surface area (Å²) in [4.78, 5) is 44.9. The maximum atomic E-state index is 14.6. The quantitative estimate of drug-likeness (QED) is 0.358. The van der Waals surface area contributed by atoms with Crippen LogP contribution < -0.4 is 4.90 Å². The molecule has 1 N–H and O–H groups in total. The number of hydrogen-bond donors (Lipinski definition) is 1. The molecule has 0 unspecified atom stereocenters. The van der Waals surface area contributed by atoms with Crippen molar-refractivity contribution in [3.63, 3.8) is 0 Å². The van der Waals surface area contributed by atoms with Gasteiger partial charge in [-0.15, -0.1) is 6.58 Å². The van der Waals surface area contributed by atoms with Crippen molar-refractivity contribution in [2.24, 2.45) is 11.8 Å². The number of amides is 2. The van der Waals surface area contributed by atoms with Crippen molar-refractivity contribution >= 4 is 35.1 Å². The molecular weight excluding hydrogens is 520 g/mol. The molecule has 0 radical (unpaired) electrons. The molecular formula is C30H33ClN2O6. The van der Waals surface area contributed by atoms with Gasteiger partial charge < -0.3 is 24.4 Å². The lowest BCUT2D eigenvalue weighted by Gasteiger charge is -2.39. The van der Waals surface area contributed by atoms with Crippen LogP contribution in [-0.2, 0) is 30.3 Å². The molecule has 1 spiro atoms. The van der Waals surface area contributed by atoms with E-state index in [0.29, 0.717) is 30.0 Å². The van der Waals surface area contributed by atoms with E-state index in [1.165, 1.54) is 4.90 Å². The first-order valence-corrected chi connectivity index (χ1v) is 13.7. The van der Waals surface area contributed by atoms with Crippen LogP contribution in [0.15, 0.2) is 67.3 Å². The van der Waals surface area contributed by atoms with E-state index >= 15 is 0 Å². The predicted molar refractivity (Wildman–Crippen MR) is 146 cm³/mol. The average molecular weight is 553 g/mol. The minimum atomic E-state index is -1.20. The lowest BCUT2D eigenvalue weighted by atomic mass is 9.70. The number of nitrogens with zero attached hydrogens (tertiary/aromatic N) is 2. The van der Waals surface area contributed by atoms with Crippen molar-refractivity contribution < 1.29 is 29.0 Å². The molecule has 9 heteroatoms. The number of aliphatic hydroxyl groups excluding tert-OH is 1. The van der Waals surface area contributed by atoms with Gasteiger partial charge in [-0.25, -0.2) is 0 Å². The topological polar surface area (TPSA) is 96.4 Å². The number of aliphatic hydroxyl groups is 1. The highest BCUT2D eigenvalue weighted by atomic mass is 35.5. The van der Waals surface area contributed by atoms with E-state index in [2.05, 4.69) is 6.58 Å². The molecule has 2 amide bonds. The number of ether oxygens (including phenoxy) is 2. The first kappa shape index (κ1) is 27.4. The van der Waals surface area contributed by atoms with Gasteiger partial charge in [0, 0.05) is 17.3 Å². The zero-order valence-corrected chi connectivity index (χ0v) is 22.6. The summed E-state index contributed by atoms with van der Waals surface area (Å²) >= 11 is 6.11. The molecule has 2 aromatic carbocycles. The standard InChI is InChI=1S/C30H33ClN2O6/c1-3-16-32(21-12-10-20(31)11-13-21)28(36)26-30-15-14-23(39-30)24(29(37)38-4-2)25(30)27(35)33(26)22(18-34)17-19-8-6-5-7-9-19/h3,5-13,22-26,34H,1,4,14-18H2,2H3/t22-,23+,24-,25-,26+,30-/m1/s1. The molecule has 2 bridgehead atoms. The summed E-state index contributed by atoms with van der Waals surface area (Å²) in [5.74, 6) is -2.88. The van der Waals surface area contributed by atoms with Gasteiger partial charge in [0.1, 0.15) is 11.6 Å². The number of fused-ring (bicyclic) bond motifs is 1. The van der Waals surface area contributed by atoms with Gasteiger partial charge in [0.25, 0.3) is 5.91 Å². The molecule has 3 aliphatic heterocycles. The molecule has 3 aliphatic rings. The summed E-state index contributed by atoms with van der Waals surface area (Å²) in [6, 6.07) is 14.6. The Balaban J connectivity index is 1.60.